The van der Waals surface area contributed by atoms with Crippen LogP contribution in [0.1, 0.15) is 11.4 Å². The van der Waals surface area contributed by atoms with E-state index in [9.17, 15) is 36.2 Å². The molecule has 0 aromatic carbocycles. The van der Waals surface area contributed by atoms with Gasteiger partial charge in [-0.25, -0.2) is 4.98 Å². The Balaban J connectivity index is 3.38. The minimum atomic E-state index is -5.36. The minimum absolute atomic E-state index is 0.172. The zero-order chi connectivity index (χ0) is 15.7. The maximum atomic E-state index is 12.4. The van der Waals surface area contributed by atoms with Crippen molar-refractivity contribution in [1.82, 2.24) is 4.98 Å². The highest BCUT2D eigenvalue weighted by Gasteiger charge is 2.38. The lowest BCUT2D eigenvalue weighted by Crippen LogP contribution is -2.19. The summed E-state index contributed by atoms with van der Waals surface area (Å²) in [6.07, 6.45) is -11.7. The van der Waals surface area contributed by atoms with Gasteiger partial charge in [0.25, 0.3) is 0 Å². The van der Waals surface area contributed by atoms with Crippen molar-refractivity contribution < 1.29 is 46.1 Å². The number of ether oxygens (including phenoxy) is 1. The maximum absolute atomic E-state index is 12.4. The monoisotopic (exact) mass is 305 g/mol. The number of carboxylic acid groups (broad SMARTS) is 1. The van der Waals surface area contributed by atoms with Gasteiger partial charge in [0.05, 0.1) is 12.1 Å². The molecular formula is C9H5F6NO4. The lowest BCUT2D eigenvalue weighted by molar-refractivity contribution is -0.275. The Morgan fingerprint density at radius 3 is 2.20 bits per heavy atom. The van der Waals surface area contributed by atoms with Crippen LogP contribution >= 0.6 is 0 Å². The highest BCUT2D eigenvalue weighted by Crippen LogP contribution is 2.38. The lowest BCUT2D eigenvalue weighted by atomic mass is 10.2. The molecule has 0 aliphatic carbocycles. The number of aliphatic carboxylic acids is 1. The van der Waals surface area contributed by atoms with E-state index in [0.29, 0.717) is 0 Å². The Morgan fingerprint density at radius 1 is 1.25 bits per heavy atom. The van der Waals surface area contributed by atoms with E-state index in [1.807, 2.05) is 0 Å². The van der Waals surface area contributed by atoms with Gasteiger partial charge in [-0.3, -0.25) is 4.79 Å². The third-order valence-corrected chi connectivity index (χ3v) is 1.86. The van der Waals surface area contributed by atoms with Gasteiger partial charge in [0.2, 0.25) is 0 Å². The van der Waals surface area contributed by atoms with Gasteiger partial charge in [-0.1, -0.05) is 0 Å². The van der Waals surface area contributed by atoms with E-state index in [1.54, 1.807) is 0 Å². The summed E-state index contributed by atoms with van der Waals surface area (Å²) < 4.78 is 76.4. The van der Waals surface area contributed by atoms with Crippen molar-refractivity contribution in [2.75, 3.05) is 0 Å². The van der Waals surface area contributed by atoms with E-state index in [4.69, 9.17) is 5.11 Å². The number of carboxylic acids is 1. The first kappa shape index (κ1) is 15.9. The van der Waals surface area contributed by atoms with E-state index >= 15 is 0 Å². The van der Waals surface area contributed by atoms with Gasteiger partial charge < -0.3 is 14.9 Å². The molecule has 11 heteroatoms. The van der Waals surface area contributed by atoms with Crippen LogP contribution in [0.3, 0.4) is 0 Å². The molecule has 2 N–H and O–H groups in total. The van der Waals surface area contributed by atoms with Crippen molar-refractivity contribution >= 4 is 5.97 Å². The number of nitrogens with zero attached hydrogens (tertiary/aromatic N) is 1. The molecule has 1 rings (SSSR count). The SMILES string of the molecule is O=C(O)Cc1nc(C(F)(F)F)cc(OC(F)(F)F)c1O. The molecule has 0 aliphatic rings. The summed E-state index contributed by atoms with van der Waals surface area (Å²) in [7, 11) is 0. The standard InChI is InChI=1S/C9H5F6NO4/c10-8(11,12)5-2-4(20-9(13,14)15)7(19)3(16-5)1-6(17)18/h2,19H,1H2,(H,17,18). The summed E-state index contributed by atoms with van der Waals surface area (Å²) in [6, 6.07) is -0.172. The smallest absolute Gasteiger partial charge is 0.503 e. The molecule has 1 aromatic rings. The second-order valence-corrected chi connectivity index (χ2v) is 3.42. The topological polar surface area (TPSA) is 79.7 Å². The van der Waals surface area contributed by atoms with Crippen LogP contribution in [0.15, 0.2) is 6.07 Å². The Kier molecular flexibility index (Phi) is 4.01. The molecule has 0 saturated carbocycles. The number of hydrogen-bond acceptors (Lipinski definition) is 4. The molecule has 112 valence electrons. The van der Waals surface area contributed by atoms with E-state index in [2.05, 4.69) is 9.72 Å². The number of carbonyl (C=O) groups is 1. The van der Waals surface area contributed by atoms with Gasteiger partial charge in [-0.15, -0.1) is 13.2 Å². The Hall–Kier alpha value is -2.20. The van der Waals surface area contributed by atoms with Crippen LogP contribution in [0.5, 0.6) is 11.5 Å². The van der Waals surface area contributed by atoms with E-state index in [1.165, 1.54) is 0 Å². The van der Waals surface area contributed by atoms with Crippen molar-refractivity contribution in [2.24, 2.45) is 0 Å². The predicted molar refractivity (Wildman–Crippen MR) is 48.9 cm³/mol. The molecule has 0 unspecified atom stereocenters. The molecule has 0 radical (unpaired) electrons. The third-order valence-electron chi connectivity index (χ3n) is 1.86. The molecule has 20 heavy (non-hydrogen) atoms. The van der Waals surface area contributed by atoms with Crippen molar-refractivity contribution in [3.8, 4) is 11.5 Å². The van der Waals surface area contributed by atoms with Gasteiger partial charge in [-0.2, -0.15) is 13.2 Å². The summed E-state index contributed by atoms with van der Waals surface area (Å²) in [5.41, 5.74) is -2.91. The molecule has 0 atom stereocenters. The quantitative estimate of drug-likeness (QED) is 0.838. The molecule has 1 aromatic heterocycles. The van der Waals surface area contributed by atoms with Crippen molar-refractivity contribution in [2.45, 2.75) is 19.0 Å². The van der Waals surface area contributed by atoms with Crippen LogP contribution in [-0.2, 0) is 17.4 Å². The zero-order valence-corrected chi connectivity index (χ0v) is 9.21. The molecule has 0 bridgehead atoms. The largest absolute Gasteiger partial charge is 0.573 e. The highest BCUT2D eigenvalue weighted by atomic mass is 19.4. The van der Waals surface area contributed by atoms with Crippen LogP contribution in [0, 0.1) is 0 Å². The fourth-order valence-corrected chi connectivity index (χ4v) is 1.18. The Bertz CT molecular complexity index is 524. The molecule has 0 fully saturated rings. The summed E-state index contributed by atoms with van der Waals surface area (Å²) in [4.78, 5) is 13.2. The number of halogens is 6. The van der Waals surface area contributed by atoms with E-state index in [-0.39, 0.29) is 6.07 Å². The van der Waals surface area contributed by atoms with Crippen LogP contribution < -0.4 is 4.74 Å². The van der Waals surface area contributed by atoms with E-state index < -0.39 is 47.8 Å². The highest BCUT2D eigenvalue weighted by molar-refractivity contribution is 5.71. The average Bonchev–Trinajstić information content (AvgIpc) is 2.19. The molecule has 5 nitrogen and oxygen atoms in total. The first-order valence-corrected chi connectivity index (χ1v) is 4.68. The Morgan fingerprint density at radius 2 is 1.80 bits per heavy atom. The van der Waals surface area contributed by atoms with Crippen molar-refractivity contribution in [3.05, 3.63) is 17.5 Å². The van der Waals surface area contributed by atoms with Crippen LogP contribution in [0.2, 0.25) is 0 Å². The molecule has 1 heterocycles. The van der Waals surface area contributed by atoms with Crippen LogP contribution in [-0.4, -0.2) is 27.5 Å². The lowest BCUT2D eigenvalue weighted by Gasteiger charge is -2.15. The molecule has 0 aliphatic heterocycles. The molecule has 0 saturated heterocycles. The minimum Gasteiger partial charge on any atom is -0.503 e. The first-order valence-electron chi connectivity index (χ1n) is 4.68. The second-order valence-electron chi connectivity index (χ2n) is 3.42. The van der Waals surface area contributed by atoms with Gasteiger partial charge in [-0.05, 0) is 0 Å². The number of rotatable bonds is 3. The van der Waals surface area contributed by atoms with Crippen LogP contribution in [0.4, 0.5) is 26.3 Å². The number of alkyl halides is 6. The van der Waals surface area contributed by atoms with Gasteiger partial charge in [0.15, 0.2) is 11.5 Å². The molecule has 0 amide bonds. The van der Waals surface area contributed by atoms with E-state index in [0.717, 1.165) is 0 Å². The number of pyridine rings is 1. The average molecular weight is 305 g/mol. The predicted octanol–water partition coefficient (Wildman–Crippen LogP) is 2.33. The summed E-state index contributed by atoms with van der Waals surface area (Å²) in [5.74, 6) is -4.68. The van der Waals surface area contributed by atoms with Crippen molar-refractivity contribution in [3.63, 3.8) is 0 Å². The van der Waals surface area contributed by atoms with Crippen molar-refractivity contribution in [1.29, 1.82) is 0 Å². The fourth-order valence-electron chi connectivity index (χ4n) is 1.18. The zero-order valence-electron chi connectivity index (χ0n) is 9.21. The molecule has 0 spiro atoms. The third kappa shape index (κ3) is 4.17. The number of hydrogen-bond donors (Lipinski definition) is 2. The maximum Gasteiger partial charge on any atom is 0.573 e. The summed E-state index contributed by atoms with van der Waals surface area (Å²) in [5, 5.41) is 17.7. The molecular weight excluding hydrogens is 300 g/mol. The fraction of sp³-hybridized carbons (Fsp3) is 0.333. The summed E-state index contributed by atoms with van der Waals surface area (Å²) >= 11 is 0. The van der Waals surface area contributed by atoms with Gasteiger partial charge >= 0.3 is 18.5 Å². The second kappa shape index (κ2) is 5.06. The van der Waals surface area contributed by atoms with Gasteiger partial charge in [0.1, 0.15) is 5.69 Å². The summed E-state index contributed by atoms with van der Waals surface area (Å²) in [6.45, 7) is 0. The number of aromatic hydroxyl groups is 1. The number of aromatic nitrogens is 1. The van der Waals surface area contributed by atoms with Gasteiger partial charge in [0, 0.05) is 6.07 Å². The normalized spacial score (nSPS) is 12.3. The first-order chi connectivity index (χ1) is 8.90. The van der Waals surface area contributed by atoms with Crippen LogP contribution in [0.25, 0.3) is 0 Å². The Labute approximate surface area is 106 Å².